The number of rotatable bonds is 0. The molecule has 0 aliphatic carbocycles. The minimum absolute atomic E-state index is 0.505. The summed E-state index contributed by atoms with van der Waals surface area (Å²) in [7, 11) is 0. The van der Waals surface area contributed by atoms with Crippen LogP contribution in [0.4, 0.5) is 0 Å². The van der Waals surface area contributed by atoms with Crippen molar-refractivity contribution < 1.29 is 9.47 Å². The van der Waals surface area contributed by atoms with E-state index in [0.717, 1.165) is 50.0 Å². The Balaban J connectivity index is 1.41. The summed E-state index contributed by atoms with van der Waals surface area (Å²) in [6.07, 6.45) is 0. The minimum Gasteiger partial charge on any atom is -0.488 e. The Hall–Kier alpha value is -3.86. The van der Waals surface area contributed by atoms with Crippen LogP contribution >= 0.6 is 23.5 Å². The highest BCUT2D eigenvalue weighted by Gasteiger charge is 2.19. The first-order valence-corrected chi connectivity index (χ1v) is 16.2. The summed E-state index contributed by atoms with van der Waals surface area (Å²) in [4.78, 5) is 0. The molecule has 0 fully saturated rings. The molecule has 0 radical (unpaired) electrons. The maximum absolute atomic E-state index is 6.67. The van der Waals surface area contributed by atoms with E-state index in [1.165, 1.54) is 33.0 Å². The standard InChI is InChI=1S/C37H30O2S2/c1-3-13-32-30(11-1)15-17-34-36(32)37-33-14-4-2-12-31(33)16-18-35(37)39-22-27-8-6-10-29(20-27)24-41-25-40-23-28-9-5-7-26(19-28)21-38-34/h1-20H,21-25H2. The lowest BCUT2D eigenvalue weighted by atomic mass is 9.92. The molecule has 0 saturated heterocycles. The fraction of sp³-hybridized carbons (Fsp3) is 0.135. The Kier molecular flexibility index (Phi) is 7.59. The molecule has 6 aromatic rings. The van der Waals surface area contributed by atoms with E-state index in [2.05, 4.69) is 121 Å². The van der Waals surface area contributed by atoms with E-state index in [0.29, 0.717) is 13.2 Å². The van der Waals surface area contributed by atoms with Crippen LogP contribution in [-0.2, 0) is 24.7 Å². The third kappa shape index (κ3) is 5.68. The summed E-state index contributed by atoms with van der Waals surface area (Å²) in [5, 5.41) is 5.72. The number of fused-ring (bicyclic) bond motifs is 11. The molecule has 6 aromatic carbocycles. The topological polar surface area (TPSA) is 18.5 Å². The van der Waals surface area contributed by atoms with Gasteiger partial charge in [-0.3, -0.25) is 0 Å². The molecule has 0 unspecified atom stereocenters. The van der Waals surface area contributed by atoms with Gasteiger partial charge in [-0.2, -0.15) is 0 Å². The van der Waals surface area contributed by atoms with Gasteiger partial charge in [0, 0.05) is 27.7 Å². The molecule has 4 heteroatoms. The van der Waals surface area contributed by atoms with Gasteiger partial charge in [-0.1, -0.05) is 109 Å². The van der Waals surface area contributed by atoms with E-state index in [4.69, 9.17) is 9.47 Å². The molecule has 1 aliphatic heterocycles. The zero-order valence-electron chi connectivity index (χ0n) is 22.7. The number of thioether (sulfide) groups is 2. The Morgan fingerprint density at radius 3 is 1.41 bits per heavy atom. The lowest BCUT2D eigenvalue weighted by Gasteiger charge is -2.20. The van der Waals surface area contributed by atoms with Gasteiger partial charge in [0.25, 0.3) is 0 Å². The largest absolute Gasteiger partial charge is 0.488 e. The first-order valence-electron chi connectivity index (χ1n) is 13.9. The molecule has 0 atom stereocenters. The van der Waals surface area contributed by atoms with Crippen molar-refractivity contribution in [3.05, 3.63) is 144 Å². The summed E-state index contributed by atoms with van der Waals surface area (Å²) in [6.45, 7) is 1.01. The predicted molar refractivity (Wildman–Crippen MR) is 176 cm³/mol. The average molecular weight is 571 g/mol. The van der Waals surface area contributed by atoms with Gasteiger partial charge in [-0.15, -0.1) is 23.5 Å². The Morgan fingerprint density at radius 2 is 0.902 bits per heavy atom. The highest BCUT2D eigenvalue weighted by atomic mass is 32.2. The molecule has 0 aromatic heterocycles. The van der Waals surface area contributed by atoms with Crippen LogP contribution < -0.4 is 9.47 Å². The molecule has 0 saturated carbocycles. The molecule has 202 valence electrons. The summed E-state index contributed by atoms with van der Waals surface area (Å²) >= 11 is 3.93. The summed E-state index contributed by atoms with van der Waals surface area (Å²) in [6, 6.07) is 43.3. The molecular weight excluding hydrogens is 541 g/mol. The van der Waals surface area contributed by atoms with Crippen LogP contribution in [0.3, 0.4) is 0 Å². The third-order valence-corrected chi connectivity index (χ3v) is 9.92. The van der Waals surface area contributed by atoms with Gasteiger partial charge in [0.2, 0.25) is 0 Å². The van der Waals surface area contributed by atoms with Gasteiger partial charge in [-0.05, 0) is 55.9 Å². The Bertz CT molecular complexity index is 1710. The second kappa shape index (κ2) is 11.9. The van der Waals surface area contributed by atoms with Crippen molar-refractivity contribution in [2.45, 2.75) is 24.7 Å². The van der Waals surface area contributed by atoms with E-state index in [9.17, 15) is 0 Å². The maximum Gasteiger partial charge on any atom is 0.128 e. The van der Waals surface area contributed by atoms with Crippen LogP contribution in [0.15, 0.2) is 121 Å². The molecule has 2 nitrogen and oxygen atoms in total. The highest BCUT2D eigenvalue weighted by molar-refractivity contribution is 8.15. The normalized spacial score (nSPS) is 14.0. The molecule has 4 bridgehead atoms. The molecular formula is C37H30O2S2. The lowest BCUT2D eigenvalue weighted by Crippen LogP contribution is -2.01. The van der Waals surface area contributed by atoms with Crippen molar-refractivity contribution in [3.8, 4) is 22.6 Å². The van der Waals surface area contributed by atoms with Crippen molar-refractivity contribution in [2.24, 2.45) is 0 Å². The van der Waals surface area contributed by atoms with Crippen LogP contribution in [0, 0.1) is 0 Å². The number of benzene rings is 6. The molecule has 1 heterocycles. The van der Waals surface area contributed by atoms with Gasteiger partial charge < -0.3 is 9.47 Å². The van der Waals surface area contributed by atoms with E-state index < -0.39 is 0 Å². The van der Waals surface area contributed by atoms with E-state index >= 15 is 0 Å². The van der Waals surface area contributed by atoms with E-state index in [-0.39, 0.29) is 0 Å². The van der Waals surface area contributed by atoms with Gasteiger partial charge in [0.05, 0.1) is 0 Å². The minimum atomic E-state index is 0.505. The summed E-state index contributed by atoms with van der Waals surface area (Å²) < 4.78 is 13.3. The number of hydrogen-bond donors (Lipinski definition) is 0. The van der Waals surface area contributed by atoms with E-state index in [1.54, 1.807) is 0 Å². The second-order valence-electron chi connectivity index (χ2n) is 10.4. The molecule has 1 aliphatic rings. The first-order chi connectivity index (χ1) is 20.3. The van der Waals surface area contributed by atoms with Crippen molar-refractivity contribution in [1.29, 1.82) is 0 Å². The number of ether oxygens (including phenoxy) is 2. The zero-order chi connectivity index (χ0) is 27.4. The van der Waals surface area contributed by atoms with Crippen molar-refractivity contribution in [1.82, 2.24) is 0 Å². The molecule has 0 amide bonds. The molecule has 41 heavy (non-hydrogen) atoms. The fourth-order valence-corrected chi connectivity index (χ4v) is 7.55. The van der Waals surface area contributed by atoms with Gasteiger partial charge in [0.15, 0.2) is 0 Å². The van der Waals surface area contributed by atoms with Gasteiger partial charge in [-0.25, -0.2) is 0 Å². The molecule has 0 N–H and O–H groups in total. The summed E-state index contributed by atoms with van der Waals surface area (Å²) in [5.74, 6) is 3.71. The zero-order valence-corrected chi connectivity index (χ0v) is 24.3. The summed E-state index contributed by atoms with van der Waals surface area (Å²) in [5.41, 5.74) is 7.17. The van der Waals surface area contributed by atoms with E-state index in [1.807, 2.05) is 23.5 Å². The third-order valence-electron chi connectivity index (χ3n) is 7.51. The highest BCUT2D eigenvalue weighted by Crippen LogP contribution is 2.46. The molecule has 7 rings (SSSR count). The fourth-order valence-electron chi connectivity index (χ4n) is 5.58. The van der Waals surface area contributed by atoms with Crippen LogP contribution in [0.25, 0.3) is 32.7 Å². The van der Waals surface area contributed by atoms with Crippen LogP contribution in [0.2, 0.25) is 0 Å². The first kappa shape index (κ1) is 26.1. The predicted octanol–water partition coefficient (Wildman–Crippen LogP) is 10.3. The van der Waals surface area contributed by atoms with Gasteiger partial charge >= 0.3 is 0 Å². The smallest absolute Gasteiger partial charge is 0.128 e. The van der Waals surface area contributed by atoms with Crippen molar-refractivity contribution >= 4 is 45.1 Å². The second-order valence-corrected chi connectivity index (χ2v) is 12.7. The Labute approximate surface area is 249 Å². The average Bonchev–Trinajstić information content (AvgIpc) is 3.02. The van der Waals surface area contributed by atoms with Crippen molar-refractivity contribution in [2.75, 3.05) is 5.08 Å². The Morgan fingerprint density at radius 1 is 0.439 bits per heavy atom. The SMILES string of the molecule is c1cc2cc(c1)CSCSCc1cccc(c1)COc1ccc3ccccc3c1-c1c(ccc3ccccc13)OC2. The van der Waals surface area contributed by atoms with Gasteiger partial charge in [0.1, 0.15) is 24.7 Å². The van der Waals surface area contributed by atoms with Crippen LogP contribution in [0.5, 0.6) is 11.5 Å². The van der Waals surface area contributed by atoms with Crippen LogP contribution in [0.1, 0.15) is 22.3 Å². The monoisotopic (exact) mass is 570 g/mol. The lowest BCUT2D eigenvalue weighted by molar-refractivity contribution is 0.303. The van der Waals surface area contributed by atoms with Crippen LogP contribution in [-0.4, -0.2) is 5.08 Å². The van der Waals surface area contributed by atoms with Crippen molar-refractivity contribution in [3.63, 3.8) is 0 Å². The molecule has 0 spiro atoms. The maximum atomic E-state index is 6.67. The quantitative estimate of drug-likeness (QED) is 0.181. The number of hydrogen-bond acceptors (Lipinski definition) is 4.